The Bertz CT molecular complexity index is 549. The molecule has 2 aromatic rings. The molecular weight excluding hydrogens is 438 g/mol. The molecule has 1 radical (unpaired) electrons. The number of pyridine rings is 1. The fourth-order valence-corrected chi connectivity index (χ4v) is 2.04. The van der Waals surface area contributed by atoms with Crippen molar-refractivity contribution >= 4 is 11.8 Å². The van der Waals surface area contributed by atoms with Crippen molar-refractivity contribution < 1.29 is 29.6 Å². The van der Waals surface area contributed by atoms with Crippen LogP contribution in [0.5, 0.6) is 11.5 Å². The average molecular weight is 453 g/mol. The van der Waals surface area contributed by atoms with Crippen LogP contribution < -0.4 is 9.47 Å². The maximum Gasteiger partial charge on any atom is 0.0647 e. The van der Waals surface area contributed by atoms with Crippen LogP contribution in [-0.4, -0.2) is 25.5 Å². The standard InChI is InChI=1S/C14H14NO2S.Ir/c1-16-10-4-5-12(14(8-10)17-2)13-9-11(18-3)6-7-15-13;/h4,6-9H,1-3H3;/q-1;. The van der Waals surface area contributed by atoms with Crippen LogP contribution in [0.2, 0.25) is 0 Å². The van der Waals surface area contributed by atoms with Gasteiger partial charge in [-0.3, -0.25) is 0 Å². The molecule has 0 saturated carbocycles. The molecule has 0 fully saturated rings. The second kappa shape index (κ2) is 7.53. The molecule has 0 saturated heterocycles. The van der Waals surface area contributed by atoms with Crippen LogP contribution in [0.3, 0.4) is 0 Å². The molecule has 0 N–H and O–H groups in total. The Morgan fingerprint density at radius 3 is 2.63 bits per heavy atom. The van der Waals surface area contributed by atoms with E-state index in [1.165, 1.54) is 0 Å². The Hall–Kier alpha value is -1.03. The van der Waals surface area contributed by atoms with Crippen molar-refractivity contribution in [2.75, 3.05) is 20.5 Å². The van der Waals surface area contributed by atoms with Crippen LogP contribution in [0, 0.1) is 6.07 Å². The van der Waals surface area contributed by atoms with Crippen molar-refractivity contribution in [2.45, 2.75) is 4.90 Å². The number of hydrogen-bond donors (Lipinski definition) is 0. The van der Waals surface area contributed by atoms with Crippen molar-refractivity contribution in [3.8, 4) is 22.8 Å². The maximum absolute atomic E-state index is 5.36. The molecule has 0 spiro atoms. The summed E-state index contributed by atoms with van der Waals surface area (Å²) in [5, 5.41) is 0. The van der Waals surface area contributed by atoms with Crippen LogP contribution in [0.1, 0.15) is 0 Å². The molecule has 3 nitrogen and oxygen atoms in total. The summed E-state index contributed by atoms with van der Waals surface area (Å²) >= 11 is 1.68. The molecule has 2 rings (SSSR count). The van der Waals surface area contributed by atoms with Gasteiger partial charge in [-0.05, 0) is 18.0 Å². The Kier molecular flexibility index (Phi) is 6.35. The molecule has 0 bridgehead atoms. The van der Waals surface area contributed by atoms with Crippen molar-refractivity contribution in [1.82, 2.24) is 4.98 Å². The first-order valence-corrected chi connectivity index (χ1v) is 6.65. The number of methoxy groups -OCH3 is 2. The normalized spacial score (nSPS) is 9.63. The van der Waals surface area contributed by atoms with E-state index in [9.17, 15) is 0 Å². The van der Waals surface area contributed by atoms with Gasteiger partial charge in [0.15, 0.2) is 0 Å². The molecule has 19 heavy (non-hydrogen) atoms. The fourth-order valence-electron chi connectivity index (χ4n) is 1.61. The van der Waals surface area contributed by atoms with Gasteiger partial charge in [-0.25, -0.2) is 0 Å². The third kappa shape index (κ3) is 3.72. The second-order valence-corrected chi connectivity index (χ2v) is 4.44. The predicted octanol–water partition coefficient (Wildman–Crippen LogP) is 3.29. The van der Waals surface area contributed by atoms with E-state index < -0.39 is 0 Å². The first-order valence-electron chi connectivity index (χ1n) is 5.42. The van der Waals surface area contributed by atoms with Gasteiger partial charge in [0.05, 0.1) is 14.2 Å². The molecule has 1 aromatic carbocycles. The summed E-state index contributed by atoms with van der Waals surface area (Å²) in [5.74, 6) is 1.43. The molecule has 1 aromatic heterocycles. The van der Waals surface area contributed by atoms with Crippen molar-refractivity contribution in [3.63, 3.8) is 0 Å². The molecule has 5 heteroatoms. The molecule has 0 amide bonds. The number of ether oxygens (including phenoxy) is 2. The summed E-state index contributed by atoms with van der Waals surface area (Å²) in [6.07, 6.45) is 3.83. The molecule has 103 valence electrons. The first kappa shape index (κ1) is 16.0. The number of thioether (sulfide) groups is 1. The smallest absolute Gasteiger partial charge is 0.0647 e. The largest absolute Gasteiger partial charge is 0.540 e. The minimum atomic E-state index is 0. The quantitative estimate of drug-likeness (QED) is 0.526. The minimum absolute atomic E-state index is 0. The number of nitrogens with zero attached hydrogens (tertiary/aromatic N) is 1. The number of rotatable bonds is 4. The Morgan fingerprint density at radius 1 is 1.21 bits per heavy atom. The summed E-state index contributed by atoms with van der Waals surface area (Å²) in [6.45, 7) is 0. The maximum atomic E-state index is 5.36. The summed E-state index contributed by atoms with van der Waals surface area (Å²) < 4.78 is 10.5. The van der Waals surface area contributed by atoms with Gasteiger partial charge in [-0.1, -0.05) is 17.7 Å². The minimum Gasteiger partial charge on any atom is -0.540 e. The zero-order valence-electron chi connectivity index (χ0n) is 10.9. The van der Waals surface area contributed by atoms with E-state index in [1.807, 2.05) is 24.5 Å². The summed E-state index contributed by atoms with van der Waals surface area (Å²) in [7, 11) is 3.25. The summed E-state index contributed by atoms with van der Waals surface area (Å²) in [5.41, 5.74) is 1.69. The van der Waals surface area contributed by atoms with Gasteiger partial charge >= 0.3 is 0 Å². The van der Waals surface area contributed by atoms with Gasteiger partial charge in [0, 0.05) is 42.7 Å². The van der Waals surface area contributed by atoms with E-state index in [4.69, 9.17) is 9.47 Å². The van der Waals surface area contributed by atoms with Crippen LogP contribution in [0.25, 0.3) is 11.3 Å². The zero-order valence-corrected chi connectivity index (χ0v) is 14.1. The zero-order chi connectivity index (χ0) is 13.0. The van der Waals surface area contributed by atoms with Gasteiger partial charge in [0.1, 0.15) is 0 Å². The van der Waals surface area contributed by atoms with Crippen LogP contribution in [0.4, 0.5) is 0 Å². The van der Waals surface area contributed by atoms with E-state index in [-0.39, 0.29) is 20.1 Å². The second-order valence-electron chi connectivity index (χ2n) is 3.56. The Balaban J connectivity index is 0.00000180. The summed E-state index contributed by atoms with van der Waals surface area (Å²) in [4.78, 5) is 5.51. The number of benzene rings is 1. The molecule has 1 heterocycles. The molecule has 0 unspecified atom stereocenters. The first-order chi connectivity index (χ1) is 8.78. The summed E-state index contributed by atoms with van der Waals surface area (Å²) in [6, 6.07) is 10.8. The monoisotopic (exact) mass is 453 g/mol. The van der Waals surface area contributed by atoms with Gasteiger partial charge in [0.25, 0.3) is 0 Å². The Morgan fingerprint density at radius 2 is 2.00 bits per heavy atom. The van der Waals surface area contributed by atoms with E-state index in [0.29, 0.717) is 5.75 Å². The van der Waals surface area contributed by atoms with Gasteiger partial charge < -0.3 is 14.5 Å². The van der Waals surface area contributed by atoms with Gasteiger partial charge in [-0.2, -0.15) is 0 Å². The van der Waals surface area contributed by atoms with Crippen molar-refractivity contribution in [2.24, 2.45) is 0 Å². The predicted molar refractivity (Wildman–Crippen MR) is 73.4 cm³/mol. The average Bonchev–Trinajstić information content (AvgIpc) is 2.46. The van der Waals surface area contributed by atoms with E-state index in [0.717, 1.165) is 21.9 Å². The van der Waals surface area contributed by atoms with E-state index in [1.54, 1.807) is 38.2 Å². The van der Waals surface area contributed by atoms with Gasteiger partial charge in [0.2, 0.25) is 0 Å². The Labute approximate surface area is 131 Å². The number of aromatic nitrogens is 1. The molecule has 0 aliphatic carbocycles. The number of hydrogen-bond acceptors (Lipinski definition) is 4. The third-order valence-corrected chi connectivity index (χ3v) is 3.28. The van der Waals surface area contributed by atoms with Crippen LogP contribution in [0.15, 0.2) is 35.4 Å². The molecule has 0 aliphatic rings. The van der Waals surface area contributed by atoms with Crippen molar-refractivity contribution in [3.05, 3.63) is 36.5 Å². The molecule has 0 atom stereocenters. The molecule has 0 aliphatic heterocycles. The van der Waals surface area contributed by atoms with E-state index in [2.05, 4.69) is 11.1 Å². The van der Waals surface area contributed by atoms with Crippen LogP contribution >= 0.6 is 11.8 Å². The van der Waals surface area contributed by atoms with E-state index >= 15 is 0 Å². The van der Waals surface area contributed by atoms with Gasteiger partial charge in [-0.15, -0.1) is 23.9 Å². The fraction of sp³-hybridized carbons (Fsp3) is 0.214. The third-order valence-electron chi connectivity index (χ3n) is 2.56. The topological polar surface area (TPSA) is 31.4 Å². The van der Waals surface area contributed by atoms with Crippen molar-refractivity contribution in [1.29, 1.82) is 0 Å². The van der Waals surface area contributed by atoms with Crippen LogP contribution in [-0.2, 0) is 20.1 Å². The molecular formula is C14H14IrNO2S-. The SMILES string of the molecule is COc1c[c-]c(-c2cc(SC)ccn2)c(OC)c1.[Ir].